The van der Waals surface area contributed by atoms with Gasteiger partial charge in [-0.2, -0.15) is 4.98 Å². The first-order chi connectivity index (χ1) is 7.25. The Morgan fingerprint density at radius 1 is 1.33 bits per heavy atom. The van der Waals surface area contributed by atoms with E-state index in [-0.39, 0.29) is 0 Å². The average molecular weight is 206 g/mol. The van der Waals surface area contributed by atoms with Crippen LogP contribution in [-0.4, -0.2) is 29.1 Å². The van der Waals surface area contributed by atoms with Crippen LogP contribution in [0.3, 0.4) is 0 Å². The van der Waals surface area contributed by atoms with Crippen molar-refractivity contribution in [3.8, 4) is 0 Å². The summed E-state index contributed by atoms with van der Waals surface area (Å²) in [5.74, 6) is 1.78. The number of hydrogen-bond acceptors (Lipinski definition) is 4. The van der Waals surface area contributed by atoms with Crippen LogP contribution in [0, 0.1) is 0 Å². The lowest BCUT2D eigenvalue weighted by Gasteiger charge is -2.17. The van der Waals surface area contributed by atoms with Crippen LogP contribution in [0.4, 0.5) is 11.8 Å². The second-order valence-electron chi connectivity index (χ2n) is 4.23. The molecule has 1 fully saturated rings. The summed E-state index contributed by atoms with van der Waals surface area (Å²) in [6.45, 7) is 6.42. The fourth-order valence-corrected chi connectivity index (χ4v) is 1.80. The van der Waals surface area contributed by atoms with Crippen molar-refractivity contribution in [2.24, 2.45) is 0 Å². The molecule has 0 aromatic carbocycles. The highest BCUT2D eigenvalue weighted by Crippen LogP contribution is 2.18. The third-order valence-corrected chi connectivity index (χ3v) is 2.49. The quantitative estimate of drug-likeness (QED) is 0.820. The predicted molar refractivity (Wildman–Crippen MR) is 62.2 cm³/mol. The first-order valence-corrected chi connectivity index (χ1v) is 5.60. The van der Waals surface area contributed by atoms with E-state index >= 15 is 0 Å². The van der Waals surface area contributed by atoms with Crippen LogP contribution in [0.15, 0.2) is 12.3 Å². The second kappa shape index (κ2) is 4.47. The van der Waals surface area contributed by atoms with Gasteiger partial charge in [-0.05, 0) is 32.8 Å². The van der Waals surface area contributed by atoms with Crippen LogP contribution in [0.5, 0.6) is 0 Å². The maximum Gasteiger partial charge on any atom is 0.224 e. The van der Waals surface area contributed by atoms with Crippen molar-refractivity contribution >= 4 is 11.8 Å². The minimum Gasteiger partial charge on any atom is -0.356 e. The molecular weight excluding hydrogens is 188 g/mol. The van der Waals surface area contributed by atoms with Crippen LogP contribution in [-0.2, 0) is 0 Å². The zero-order valence-corrected chi connectivity index (χ0v) is 9.40. The average Bonchev–Trinajstić information content (AvgIpc) is 2.69. The van der Waals surface area contributed by atoms with E-state index < -0.39 is 0 Å². The third kappa shape index (κ3) is 2.58. The van der Waals surface area contributed by atoms with Gasteiger partial charge in [-0.1, -0.05) is 0 Å². The zero-order valence-electron chi connectivity index (χ0n) is 9.40. The zero-order chi connectivity index (χ0) is 10.7. The lowest BCUT2D eigenvalue weighted by Crippen LogP contribution is -2.20. The fourth-order valence-electron chi connectivity index (χ4n) is 1.80. The van der Waals surface area contributed by atoms with Crippen molar-refractivity contribution in [1.82, 2.24) is 9.97 Å². The number of anilines is 2. The molecule has 1 N–H and O–H groups in total. The van der Waals surface area contributed by atoms with Gasteiger partial charge in [0.05, 0.1) is 0 Å². The molecule has 15 heavy (non-hydrogen) atoms. The standard InChI is InChI=1S/C11H18N4/c1-9(2)13-11-12-6-5-10(14-11)15-7-3-4-8-15/h5-6,9H,3-4,7-8H2,1-2H3,(H,12,13,14). The third-order valence-electron chi connectivity index (χ3n) is 2.49. The van der Waals surface area contributed by atoms with E-state index in [0.29, 0.717) is 6.04 Å². The summed E-state index contributed by atoms with van der Waals surface area (Å²) in [7, 11) is 0. The molecule has 0 unspecified atom stereocenters. The summed E-state index contributed by atoms with van der Waals surface area (Å²) >= 11 is 0. The molecule has 82 valence electrons. The summed E-state index contributed by atoms with van der Waals surface area (Å²) in [4.78, 5) is 11.0. The van der Waals surface area contributed by atoms with E-state index in [0.717, 1.165) is 24.9 Å². The molecule has 1 aliphatic heterocycles. The smallest absolute Gasteiger partial charge is 0.224 e. The maximum atomic E-state index is 4.50. The molecule has 0 radical (unpaired) electrons. The lowest BCUT2D eigenvalue weighted by molar-refractivity contribution is 0.863. The van der Waals surface area contributed by atoms with Gasteiger partial charge in [-0.3, -0.25) is 0 Å². The summed E-state index contributed by atoms with van der Waals surface area (Å²) in [6, 6.07) is 2.36. The van der Waals surface area contributed by atoms with Crippen molar-refractivity contribution in [2.45, 2.75) is 32.7 Å². The van der Waals surface area contributed by atoms with Gasteiger partial charge in [-0.15, -0.1) is 0 Å². The Balaban J connectivity index is 2.11. The Kier molecular flexibility index (Phi) is 3.04. The Morgan fingerprint density at radius 2 is 2.07 bits per heavy atom. The molecule has 0 amide bonds. The number of aromatic nitrogens is 2. The minimum atomic E-state index is 0.374. The van der Waals surface area contributed by atoms with E-state index in [9.17, 15) is 0 Å². The molecule has 1 aromatic heterocycles. The molecule has 1 saturated heterocycles. The molecule has 0 aliphatic carbocycles. The minimum absolute atomic E-state index is 0.374. The van der Waals surface area contributed by atoms with Gasteiger partial charge < -0.3 is 10.2 Å². The molecule has 2 heterocycles. The van der Waals surface area contributed by atoms with Gasteiger partial charge in [0.25, 0.3) is 0 Å². The SMILES string of the molecule is CC(C)Nc1nccc(N2CCCC2)n1. The molecule has 4 heteroatoms. The molecule has 1 aromatic rings. The number of hydrogen-bond donors (Lipinski definition) is 1. The largest absolute Gasteiger partial charge is 0.356 e. The number of rotatable bonds is 3. The van der Waals surface area contributed by atoms with Crippen LogP contribution >= 0.6 is 0 Å². The molecule has 0 atom stereocenters. The van der Waals surface area contributed by atoms with Gasteiger partial charge in [-0.25, -0.2) is 4.98 Å². The van der Waals surface area contributed by atoms with Gasteiger partial charge in [0.15, 0.2) is 0 Å². The van der Waals surface area contributed by atoms with Gasteiger partial charge in [0, 0.05) is 25.3 Å². The van der Waals surface area contributed by atoms with E-state index in [4.69, 9.17) is 0 Å². The van der Waals surface area contributed by atoms with Gasteiger partial charge in [0.2, 0.25) is 5.95 Å². The molecule has 1 aliphatic rings. The van der Waals surface area contributed by atoms with E-state index in [1.165, 1.54) is 12.8 Å². The van der Waals surface area contributed by atoms with Crippen LogP contribution < -0.4 is 10.2 Å². The summed E-state index contributed by atoms with van der Waals surface area (Å²) in [5.41, 5.74) is 0. The van der Waals surface area contributed by atoms with Crippen molar-refractivity contribution in [2.75, 3.05) is 23.3 Å². The van der Waals surface area contributed by atoms with Gasteiger partial charge in [0.1, 0.15) is 5.82 Å². The monoisotopic (exact) mass is 206 g/mol. The number of nitrogens with zero attached hydrogens (tertiary/aromatic N) is 3. The Hall–Kier alpha value is -1.32. The molecule has 0 bridgehead atoms. The van der Waals surface area contributed by atoms with Crippen LogP contribution in [0.25, 0.3) is 0 Å². The van der Waals surface area contributed by atoms with Crippen LogP contribution in [0.1, 0.15) is 26.7 Å². The van der Waals surface area contributed by atoms with Gasteiger partial charge >= 0.3 is 0 Å². The summed E-state index contributed by atoms with van der Waals surface area (Å²) in [6.07, 6.45) is 4.37. The lowest BCUT2D eigenvalue weighted by atomic mass is 10.4. The predicted octanol–water partition coefficient (Wildman–Crippen LogP) is 1.90. The topological polar surface area (TPSA) is 41.1 Å². The van der Waals surface area contributed by atoms with Crippen molar-refractivity contribution in [1.29, 1.82) is 0 Å². The Bertz CT molecular complexity index is 318. The summed E-state index contributed by atoms with van der Waals surface area (Å²) in [5, 5.41) is 3.22. The van der Waals surface area contributed by atoms with E-state index in [1.807, 2.05) is 12.3 Å². The van der Waals surface area contributed by atoms with E-state index in [1.54, 1.807) is 0 Å². The molecular formula is C11H18N4. The Morgan fingerprint density at radius 3 is 2.73 bits per heavy atom. The highest BCUT2D eigenvalue weighted by Gasteiger charge is 2.13. The first-order valence-electron chi connectivity index (χ1n) is 5.60. The normalized spacial score (nSPS) is 16.1. The number of nitrogens with one attached hydrogen (secondary N) is 1. The highest BCUT2D eigenvalue weighted by atomic mass is 15.2. The van der Waals surface area contributed by atoms with Crippen molar-refractivity contribution in [3.63, 3.8) is 0 Å². The molecule has 4 nitrogen and oxygen atoms in total. The first kappa shape index (κ1) is 10.2. The van der Waals surface area contributed by atoms with Crippen LogP contribution in [0.2, 0.25) is 0 Å². The van der Waals surface area contributed by atoms with E-state index in [2.05, 4.69) is 34.0 Å². The van der Waals surface area contributed by atoms with Crippen molar-refractivity contribution in [3.05, 3.63) is 12.3 Å². The van der Waals surface area contributed by atoms with Crippen molar-refractivity contribution < 1.29 is 0 Å². The highest BCUT2D eigenvalue weighted by molar-refractivity contribution is 5.43. The summed E-state index contributed by atoms with van der Waals surface area (Å²) < 4.78 is 0. The fraction of sp³-hybridized carbons (Fsp3) is 0.636. The molecule has 0 saturated carbocycles. The Labute approximate surface area is 90.7 Å². The second-order valence-corrected chi connectivity index (χ2v) is 4.23. The molecule has 2 rings (SSSR count). The maximum absolute atomic E-state index is 4.50. The molecule has 0 spiro atoms.